The number of carbonyl (C=O) groups is 2. The van der Waals surface area contributed by atoms with E-state index in [1.54, 1.807) is 31.4 Å². The number of methoxy groups -OCH3 is 1. The Morgan fingerprint density at radius 2 is 1.88 bits per heavy atom. The average Bonchev–Trinajstić information content (AvgIpc) is 2.53. The van der Waals surface area contributed by atoms with E-state index in [0.29, 0.717) is 11.4 Å². The molecule has 2 aromatic rings. The molecule has 0 fully saturated rings. The van der Waals surface area contributed by atoms with Gasteiger partial charge in [0.2, 0.25) is 11.8 Å². The normalized spacial score (nSPS) is 10.2. The number of nitrogens with one attached hydrogen (secondary N) is 1. The minimum Gasteiger partial charge on any atom is -0.497 e. The van der Waals surface area contributed by atoms with Crippen molar-refractivity contribution in [1.29, 1.82) is 0 Å². The highest BCUT2D eigenvalue weighted by Gasteiger charge is 2.17. The molecule has 5 heteroatoms. The predicted octanol–water partition coefficient (Wildman–Crippen LogP) is 3.30. The molecule has 1 N–H and O–H groups in total. The van der Waals surface area contributed by atoms with Gasteiger partial charge in [0.15, 0.2) is 0 Å². The maximum atomic E-state index is 12.3. The highest BCUT2D eigenvalue weighted by Crippen LogP contribution is 2.22. The Bertz CT molecular complexity index is 756. The fraction of sp³-hybridized carbons (Fsp3) is 0.263. The molecule has 5 nitrogen and oxygen atoms in total. The molecule has 0 aromatic heterocycles. The summed E-state index contributed by atoms with van der Waals surface area (Å²) >= 11 is 0. The van der Waals surface area contributed by atoms with Gasteiger partial charge in [0.05, 0.1) is 7.11 Å². The van der Waals surface area contributed by atoms with Crippen LogP contribution in [0.1, 0.15) is 18.1 Å². The van der Waals surface area contributed by atoms with Crippen LogP contribution in [0, 0.1) is 13.8 Å². The van der Waals surface area contributed by atoms with Crippen molar-refractivity contribution in [3.63, 3.8) is 0 Å². The fourth-order valence-corrected chi connectivity index (χ4v) is 2.52. The zero-order valence-electron chi connectivity index (χ0n) is 14.4. The maximum absolute atomic E-state index is 12.3. The van der Waals surface area contributed by atoms with E-state index in [1.807, 2.05) is 32.0 Å². The molecule has 0 atom stereocenters. The highest BCUT2D eigenvalue weighted by molar-refractivity contribution is 6.02. The first-order valence-corrected chi connectivity index (χ1v) is 7.70. The summed E-state index contributed by atoms with van der Waals surface area (Å²) < 4.78 is 5.14. The molecule has 0 aliphatic carbocycles. The first-order valence-electron chi connectivity index (χ1n) is 7.70. The van der Waals surface area contributed by atoms with Crippen LogP contribution in [0.4, 0.5) is 11.4 Å². The predicted molar refractivity (Wildman–Crippen MR) is 95.6 cm³/mol. The summed E-state index contributed by atoms with van der Waals surface area (Å²) in [5.41, 5.74) is 3.44. The lowest BCUT2D eigenvalue weighted by Crippen LogP contribution is -2.37. The van der Waals surface area contributed by atoms with Gasteiger partial charge in [-0.2, -0.15) is 0 Å². The van der Waals surface area contributed by atoms with Crippen molar-refractivity contribution in [2.45, 2.75) is 20.8 Å². The molecule has 0 spiro atoms. The molecule has 0 saturated heterocycles. The van der Waals surface area contributed by atoms with Crippen LogP contribution in [0.15, 0.2) is 42.5 Å². The molecule has 2 amide bonds. The van der Waals surface area contributed by atoms with Gasteiger partial charge in [-0.1, -0.05) is 23.8 Å². The molecule has 0 unspecified atom stereocenters. The minimum atomic E-state index is -0.265. The summed E-state index contributed by atoms with van der Waals surface area (Å²) in [5.74, 6) is 0.215. The van der Waals surface area contributed by atoms with Crippen LogP contribution in [-0.2, 0) is 9.59 Å². The van der Waals surface area contributed by atoms with Gasteiger partial charge in [0, 0.05) is 24.4 Å². The van der Waals surface area contributed by atoms with Gasteiger partial charge in [0.25, 0.3) is 0 Å². The van der Waals surface area contributed by atoms with Crippen LogP contribution in [0.25, 0.3) is 0 Å². The second-order valence-corrected chi connectivity index (χ2v) is 5.68. The standard InChI is InChI=1S/C19H22N2O3/c1-13-8-9-18(14(2)10-13)21(15(3)22)12-19(23)20-16-6-5-7-17(11-16)24-4/h5-11H,12H2,1-4H3,(H,20,23). The van der Waals surface area contributed by atoms with E-state index >= 15 is 0 Å². The van der Waals surface area contributed by atoms with Gasteiger partial charge in [-0.05, 0) is 37.6 Å². The Kier molecular flexibility index (Phi) is 5.58. The third-order valence-electron chi connectivity index (χ3n) is 3.68. The number of hydrogen-bond acceptors (Lipinski definition) is 3. The van der Waals surface area contributed by atoms with Gasteiger partial charge in [0.1, 0.15) is 12.3 Å². The smallest absolute Gasteiger partial charge is 0.244 e. The van der Waals surface area contributed by atoms with Crippen LogP contribution >= 0.6 is 0 Å². The van der Waals surface area contributed by atoms with E-state index < -0.39 is 0 Å². The van der Waals surface area contributed by atoms with Gasteiger partial charge in [-0.15, -0.1) is 0 Å². The minimum absolute atomic E-state index is 0.0452. The van der Waals surface area contributed by atoms with E-state index in [9.17, 15) is 9.59 Å². The van der Waals surface area contributed by atoms with Crippen LogP contribution < -0.4 is 15.0 Å². The summed E-state index contributed by atoms with van der Waals surface area (Å²) in [4.78, 5) is 25.8. The molecular weight excluding hydrogens is 304 g/mol. The summed E-state index contributed by atoms with van der Waals surface area (Å²) in [7, 11) is 1.57. The number of anilines is 2. The molecule has 2 rings (SSSR count). The van der Waals surface area contributed by atoms with Crippen molar-refractivity contribution in [2.75, 3.05) is 23.9 Å². The summed E-state index contributed by atoms with van der Waals surface area (Å²) in [5, 5.41) is 2.79. The van der Waals surface area contributed by atoms with Crippen molar-refractivity contribution >= 4 is 23.2 Å². The van der Waals surface area contributed by atoms with Crippen LogP contribution in [0.2, 0.25) is 0 Å². The molecule has 0 heterocycles. The summed E-state index contributed by atoms with van der Waals surface area (Å²) in [6.45, 7) is 5.33. The quantitative estimate of drug-likeness (QED) is 0.917. The molecule has 126 valence electrons. The Hall–Kier alpha value is -2.82. The molecule has 0 aliphatic heterocycles. The van der Waals surface area contributed by atoms with Crippen molar-refractivity contribution < 1.29 is 14.3 Å². The second kappa shape index (κ2) is 7.64. The Morgan fingerprint density at radius 1 is 1.12 bits per heavy atom. The number of rotatable bonds is 5. The van der Waals surface area contributed by atoms with Gasteiger partial charge in [-0.3, -0.25) is 9.59 Å². The van der Waals surface area contributed by atoms with Crippen molar-refractivity contribution in [2.24, 2.45) is 0 Å². The lowest BCUT2D eigenvalue weighted by atomic mass is 10.1. The van der Waals surface area contributed by atoms with Crippen molar-refractivity contribution in [3.8, 4) is 5.75 Å². The largest absolute Gasteiger partial charge is 0.497 e. The number of ether oxygens (including phenoxy) is 1. The molecule has 0 bridgehead atoms. The van der Waals surface area contributed by atoms with Gasteiger partial charge in [-0.25, -0.2) is 0 Å². The second-order valence-electron chi connectivity index (χ2n) is 5.68. The topological polar surface area (TPSA) is 58.6 Å². The Morgan fingerprint density at radius 3 is 2.50 bits per heavy atom. The SMILES string of the molecule is COc1cccc(NC(=O)CN(C(C)=O)c2ccc(C)cc2C)c1. The highest BCUT2D eigenvalue weighted by atomic mass is 16.5. The number of hydrogen-bond donors (Lipinski definition) is 1. The van der Waals surface area contributed by atoms with E-state index in [0.717, 1.165) is 16.8 Å². The molecule has 0 radical (unpaired) electrons. The van der Waals surface area contributed by atoms with Crippen molar-refractivity contribution in [3.05, 3.63) is 53.6 Å². The summed E-state index contributed by atoms with van der Waals surface area (Å²) in [6.07, 6.45) is 0. The van der Waals surface area contributed by atoms with Crippen molar-refractivity contribution in [1.82, 2.24) is 0 Å². The van der Waals surface area contributed by atoms with Crippen LogP contribution in [-0.4, -0.2) is 25.5 Å². The average molecular weight is 326 g/mol. The van der Waals surface area contributed by atoms with Gasteiger partial charge >= 0.3 is 0 Å². The number of nitrogens with zero attached hydrogens (tertiary/aromatic N) is 1. The molecule has 0 aliphatic rings. The molecular formula is C19H22N2O3. The lowest BCUT2D eigenvalue weighted by Gasteiger charge is -2.23. The number of aryl methyl sites for hydroxylation is 2. The monoisotopic (exact) mass is 326 g/mol. The van der Waals surface area contributed by atoms with E-state index in [4.69, 9.17) is 4.74 Å². The Balaban J connectivity index is 2.15. The lowest BCUT2D eigenvalue weighted by molar-refractivity contribution is -0.120. The number of amides is 2. The summed E-state index contributed by atoms with van der Waals surface area (Å²) in [6, 6.07) is 12.9. The van der Waals surface area contributed by atoms with E-state index in [2.05, 4.69) is 5.32 Å². The number of carbonyl (C=O) groups excluding carboxylic acids is 2. The van der Waals surface area contributed by atoms with E-state index in [-0.39, 0.29) is 18.4 Å². The zero-order valence-corrected chi connectivity index (χ0v) is 14.4. The molecule has 0 saturated carbocycles. The Labute approximate surface area is 142 Å². The van der Waals surface area contributed by atoms with Gasteiger partial charge < -0.3 is 15.0 Å². The molecule has 24 heavy (non-hydrogen) atoms. The maximum Gasteiger partial charge on any atom is 0.244 e. The third kappa shape index (κ3) is 4.35. The van der Waals surface area contributed by atoms with E-state index in [1.165, 1.54) is 11.8 Å². The zero-order chi connectivity index (χ0) is 17.7. The first-order chi connectivity index (χ1) is 11.4. The fourth-order valence-electron chi connectivity index (χ4n) is 2.52. The van der Waals surface area contributed by atoms with Crippen LogP contribution in [0.3, 0.4) is 0 Å². The number of benzene rings is 2. The first kappa shape index (κ1) is 17.5. The molecule has 2 aromatic carbocycles. The van der Waals surface area contributed by atoms with Crippen LogP contribution in [0.5, 0.6) is 5.75 Å². The third-order valence-corrected chi connectivity index (χ3v) is 3.68.